The van der Waals surface area contributed by atoms with E-state index >= 15 is 0 Å². The van der Waals surface area contributed by atoms with Crippen molar-refractivity contribution in [2.75, 3.05) is 0 Å². The second-order valence-corrected chi connectivity index (χ2v) is 3.35. The first kappa shape index (κ1) is 12.2. The van der Waals surface area contributed by atoms with Crippen molar-refractivity contribution in [3.63, 3.8) is 0 Å². The van der Waals surface area contributed by atoms with E-state index in [1.807, 2.05) is 0 Å². The number of hydrogen-bond donors (Lipinski definition) is 1. The Bertz CT molecular complexity index is 424. The normalized spacial score (nSPS) is 12.2. The molecule has 0 aliphatic carbocycles. The van der Waals surface area contributed by atoms with Crippen LogP contribution in [0.25, 0.3) is 0 Å². The Morgan fingerprint density at radius 2 is 1.87 bits per heavy atom. The number of pyridine rings is 1. The minimum atomic E-state index is -4.86. The minimum absolute atomic E-state index is 0.231. The zero-order valence-corrected chi connectivity index (χ0v) is 8.42. The molecule has 0 aromatic carbocycles. The van der Waals surface area contributed by atoms with Crippen molar-refractivity contribution < 1.29 is 22.0 Å². The molecule has 84 valence electrons. The molecular weight excluding hydrogens is 289 g/mol. The number of hydrogen-bond acceptors (Lipinski definition) is 1. The summed E-state index contributed by atoms with van der Waals surface area (Å²) in [5.41, 5.74) is -3.89. The van der Waals surface area contributed by atoms with E-state index in [1.165, 1.54) is 0 Å². The van der Waals surface area contributed by atoms with E-state index in [1.54, 1.807) is 4.98 Å². The van der Waals surface area contributed by atoms with Crippen molar-refractivity contribution in [3.05, 3.63) is 32.2 Å². The largest absolute Gasteiger partial charge is 0.421 e. The quantitative estimate of drug-likeness (QED) is 0.793. The monoisotopic (exact) mass is 291 g/mol. The lowest BCUT2D eigenvalue weighted by Crippen LogP contribution is -2.21. The maximum atomic E-state index is 12.2. The van der Waals surface area contributed by atoms with Crippen LogP contribution in [0, 0.1) is 0 Å². The van der Waals surface area contributed by atoms with Gasteiger partial charge in [-0.3, -0.25) is 4.79 Å². The zero-order valence-electron chi connectivity index (χ0n) is 6.83. The van der Waals surface area contributed by atoms with Crippen LogP contribution in [0.15, 0.2) is 15.5 Å². The highest BCUT2D eigenvalue weighted by atomic mass is 79.9. The molecule has 2 nitrogen and oxygen atoms in total. The van der Waals surface area contributed by atoms with Gasteiger partial charge in [0.25, 0.3) is 6.43 Å². The van der Waals surface area contributed by atoms with Gasteiger partial charge < -0.3 is 4.98 Å². The van der Waals surface area contributed by atoms with Crippen LogP contribution in [0.4, 0.5) is 22.0 Å². The third-order valence-corrected chi connectivity index (χ3v) is 2.36. The van der Waals surface area contributed by atoms with Crippen molar-refractivity contribution in [3.8, 4) is 0 Å². The van der Waals surface area contributed by atoms with Crippen LogP contribution in [0.5, 0.6) is 0 Å². The number of H-pyrrole nitrogens is 1. The molecule has 0 saturated carbocycles. The Kier molecular flexibility index (Phi) is 3.17. The molecule has 1 aromatic heterocycles. The molecule has 1 heterocycles. The molecule has 0 amide bonds. The summed E-state index contributed by atoms with van der Waals surface area (Å²) in [5, 5.41) is 0. The Balaban J connectivity index is 3.42. The molecule has 0 fully saturated rings. The van der Waals surface area contributed by atoms with Gasteiger partial charge in [0.15, 0.2) is 0 Å². The van der Waals surface area contributed by atoms with E-state index in [4.69, 9.17) is 0 Å². The van der Waals surface area contributed by atoms with Gasteiger partial charge in [0.05, 0.1) is 4.47 Å². The van der Waals surface area contributed by atoms with Gasteiger partial charge in [-0.1, -0.05) is 0 Å². The van der Waals surface area contributed by atoms with Crippen LogP contribution < -0.4 is 5.43 Å². The molecule has 0 aliphatic rings. The first-order valence-corrected chi connectivity index (χ1v) is 4.31. The van der Waals surface area contributed by atoms with Gasteiger partial charge in [0, 0.05) is 6.20 Å². The third-order valence-electron chi connectivity index (χ3n) is 1.58. The van der Waals surface area contributed by atoms with Crippen LogP contribution in [-0.4, -0.2) is 4.98 Å². The van der Waals surface area contributed by atoms with Gasteiger partial charge in [-0.25, -0.2) is 8.78 Å². The van der Waals surface area contributed by atoms with E-state index in [2.05, 4.69) is 15.9 Å². The molecule has 8 heteroatoms. The molecule has 0 unspecified atom stereocenters. The van der Waals surface area contributed by atoms with E-state index in [0.717, 1.165) is 0 Å². The van der Waals surface area contributed by atoms with Gasteiger partial charge >= 0.3 is 6.18 Å². The van der Waals surface area contributed by atoms with Crippen molar-refractivity contribution in [2.45, 2.75) is 12.6 Å². The van der Waals surface area contributed by atoms with E-state index in [-0.39, 0.29) is 6.20 Å². The highest BCUT2D eigenvalue weighted by Crippen LogP contribution is 2.29. The topological polar surface area (TPSA) is 32.9 Å². The maximum absolute atomic E-state index is 12.2. The fourth-order valence-corrected chi connectivity index (χ4v) is 1.39. The van der Waals surface area contributed by atoms with Gasteiger partial charge in [-0.15, -0.1) is 0 Å². The minimum Gasteiger partial charge on any atom is -0.359 e. The van der Waals surface area contributed by atoms with Gasteiger partial charge in [-0.2, -0.15) is 13.2 Å². The predicted molar refractivity (Wildman–Crippen MR) is 44.7 cm³/mol. The van der Waals surface area contributed by atoms with E-state index in [0.29, 0.717) is 0 Å². The number of alkyl halides is 5. The van der Waals surface area contributed by atoms with Crippen LogP contribution in [-0.2, 0) is 6.18 Å². The summed E-state index contributed by atoms with van der Waals surface area (Å²) in [6.07, 6.45) is -7.68. The second kappa shape index (κ2) is 3.92. The second-order valence-electron chi connectivity index (χ2n) is 2.56. The Labute approximate surface area is 88.2 Å². The molecule has 1 rings (SSSR count). The number of aromatic nitrogens is 1. The molecule has 15 heavy (non-hydrogen) atoms. The summed E-state index contributed by atoms with van der Waals surface area (Å²) < 4.78 is 59.9. The van der Waals surface area contributed by atoms with Crippen LogP contribution in [0.2, 0.25) is 0 Å². The molecule has 0 aliphatic heterocycles. The molecule has 0 spiro atoms. The third kappa shape index (κ3) is 2.36. The first-order chi connectivity index (χ1) is 6.75. The van der Waals surface area contributed by atoms with Crippen molar-refractivity contribution in [1.29, 1.82) is 0 Å². The molecule has 0 bridgehead atoms. The zero-order chi connectivity index (χ0) is 11.8. The summed E-state index contributed by atoms with van der Waals surface area (Å²) in [6.45, 7) is 0. The smallest absolute Gasteiger partial charge is 0.359 e. The highest BCUT2D eigenvalue weighted by molar-refractivity contribution is 9.10. The average Bonchev–Trinajstić information content (AvgIpc) is 2.06. The lowest BCUT2D eigenvalue weighted by molar-refractivity contribution is -0.138. The number of halogens is 6. The van der Waals surface area contributed by atoms with Gasteiger partial charge in [0.2, 0.25) is 5.43 Å². The Morgan fingerprint density at radius 1 is 1.33 bits per heavy atom. The summed E-state index contributed by atoms with van der Waals surface area (Å²) in [4.78, 5) is 12.8. The summed E-state index contributed by atoms with van der Waals surface area (Å²) in [6, 6.07) is 0. The Morgan fingerprint density at radius 3 is 2.27 bits per heavy atom. The number of rotatable bonds is 1. The lowest BCUT2D eigenvalue weighted by atomic mass is 10.2. The fraction of sp³-hybridized carbons (Fsp3) is 0.286. The molecule has 0 saturated heterocycles. The molecular formula is C7H3BrF5NO. The van der Waals surface area contributed by atoms with Crippen LogP contribution in [0.1, 0.15) is 17.7 Å². The van der Waals surface area contributed by atoms with Crippen molar-refractivity contribution in [2.24, 2.45) is 0 Å². The molecule has 0 atom stereocenters. The van der Waals surface area contributed by atoms with Crippen molar-refractivity contribution in [1.82, 2.24) is 4.98 Å². The average molecular weight is 292 g/mol. The Hall–Kier alpha value is -0.920. The summed E-state index contributed by atoms with van der Waals surface area (Å²) >= 11 is 2.40. The lowest BCUT2D eigenvalue weighted by Gasteiger charge is -2.08. The molecule has 1 N–H and O–H groups in total. The van der Waals surface area contributed by atoms with E-state index < -0.39 is 33.8 Å². The van der Waals surface area contributed by atoms with Crippen molar-refractivity contribution >= 4 is 15.9 Å². The summed E-state index contributed by atoms with van der Waals surface area (Å²) in [5.74, 6) is 0. The van der Waals surface area contributed by atoms with Crippen LogP contribution >= 0.6 is 15.9 Å². The number of aromatic amines is 1. The predicted octanol–water partition coefficient (Wildman–Crippen LogP) is 3.09. The standard InChI is InChI=1S/C7H3BrF5NO/c8-3-4(6(9)10)14-1-2(5(3)15)7(11,12)13/h1,6H,(H,14,15). The first-order valence-electron chi connectivity index (χ1n) is 3.51. The SMILES string of the molecule is O=c1c(C(F)(F)F)c[nH]c(C(F)F)c1Br. The maximum Gasteiger partial charge on any atom is 0.421 e. The molecule has 0 radical (unpaired) electrons. The summed E-state index contributed by atoms with van der Waals surface area (Å²) in [7, 11) is 0. The van der Waals surface area contributed by atoms with Crippen LogP contribution in [0.3, 0.4) is 0 Å². The fourth-order valence-electron chi connectivity index (χ4n) is 0.889. The van der Waals surface area contributed by atoms with E-state index in [9.17, 15) is 26.7 Å². The van der Waals surface area contributed by atoms with Gasteiger partial charge in [-0.05, 0) is 15.9 Å². The van der Waals surface area contributed by atoms with Gasteiger partial charge in [0.1, 0.15) is 11.3 Å². The highest BCUT2D eigenvalue weighted by Gasteiger charge is 2.35. The number of nitrogens with one attached hydrogen (secondary N) is 1. The molecule has 1 aromatic rings.